The van der Waals surface area contributed by atoms with Crippen LogP contribution in [-0.2, 0) is 4.74 Å². The monoisotopic (exact) mass is 453 g/mol. The second-order valence-electron chi connectivity index (χ2n) is 6.57. The van der Waals surface area contributed by atoms with Gasteiger partial charge in [0.15, 0.2) is 17.3 Å². The van der Waals surface area contributed by atoms with E-state index >= 15 is 0 Å². The fourth-order valence-corrected chi connectivity index (χ4v) is 4.06. The van der Waals surface area contributed by atoms with Gasteiger partial charge in [0, 0.05) is 5.56 Å². The molecular formula is C22H19N3O6S. The zero-order chi connectivity index (χ0) is 22.8. The van der Waals surface area contributed by atoms with Gasteiger partial charge < -0.3 is 18.9 Å². The summed E-state index contributed by atoms with van der Waals surface area (Å²) < 4.78 is 22.5. The van der Waals surface area contributed by atoms with Crippen molar-refractivity contribution in [3.63, 3.8) is 0 Å². The molecule has 0 aliphatic carbocycles. The van der Waals surface area contributed by atoms with E-state index in [2.05, 4.69) is 10.1 Å². The minimum atomic E-state index is -0.417. The van der Waals surface area contributed by atoms with Crippen molar-refractivity contribution in [3.8, 4) is 28.6 Å². The average Bonchev–Trinajstić information content (AvgIpc) is 3.37. The zero-order valence-electron chi connectivity index (χ0n) is 17.7. The highest BCUT2D eigenvalue weighted by molar-refractivity contribution is 7.15. The standard InChI is InChI=1S/C22H19N3O6S/c1-28-15-10-14(11-16(29-2)18(15)30-3)19-23-22-25(24-19)20(26)17(32-22)9-12-5-7-13(8-6-12)21(27)31-4/h5-11H,1-4H3/b17-9+. The molecule has 9 nitrogen and oxygen atoms in total. The Balaban J connectivity index is 1.73. The van der Waals surface area contributed by atoms with Crippen molar-refractivity contribution >= 4 is 28.3 Å². The number of carbonyl (C=O) groups is 1. The Kier molecular flexibility index (Phi) is 5.78. The lowest BCUT2D eigenvalue weighted by atomic mass is 10.1. The second kappa shape index (κ2) is 8.67. The lowest BCUT2D eigenvalue weighted by Crippen LogP contribution is -2.23. The van der Waals surface area contributed by atoms with Crippen molar-refractivity contribution in [3.05, 3.63) is 62.4 Å². The van der Waals surface area contributed by atoms with Crippen LogP contribution >= 0.6 is 11.3 Å². The molecule has 0 saturated heterocycles. The Morgan fingerprint density at radius 2 is 1.66 bits per heavy atom. The summed E-state index contributed by atoms with van der Waals surface area (Å²) in [4.78, 5) is 29.4. The van der Waals surface area contributed by atoms with E-state index in [9.17, 15) is 9.59 Å². The second-order valence-corrected chi connectivity index (χ2v) is 7.58. The van der Waals surface area contributed by atoms with Crippen LogP contribution in [-0.4, -0.2) is 49.0 Å². The minimum Gasteiger partial charge on any atom is -0.493 e. The summed E-state index contributed by atoms with van der Waals surface area (Å²) in [6.07, 6.45) is 1.73. The number of rotatable bonds is 6. The molecule has 2 aromatic heterocycles. The summed E-state index contributed by atoms with van der Waals surface area (Å²) in [6.45, 7) is 0. The van der Waals surface area contributed by atoms with Gasteiger partial charge in [-0.05, 0) is 35.9 Å². The van der Waals surface area contributed by atoms with Crippen molar-refractivity contribution in [1.29, 1.82) is 0 Å². The number of methoxy groups -OCH3 is 4. The van der Waals surface area contributed by atoms with E-state index in [1.165, 1.54) is 44.3 Å². The smallest absolute Gasteiger partial charge is 0.337 e. The molecule has 0 saturated carbocycles. The van der Waals surface area contributed by atoms with E-state index in [0.717, 1.165) is 5.56 Å². The number of thiazole rings is 1. The van der Waals surface area contributed by atoms with Gasteiger partial charge in [-0.2, -0.15) is 9.50 Å². The van der Waals surface area contributed by atoms with E-state index < -0.39 is 5.97 Å². The Hall–Kier alpha value is -3.92. The molecule has 0 atom stereocenters. The molecule has 2 aromatic carbocycles. The maximum atomic E-state index is 12.8. The summed E-state index contributed by atoms with van der Waals surface area (Å²) >= 11 is 1.22. The third-order valence-electron chi connectivity index (χ3n) is 4.73. The van der Waals surface area contributed by atoms with Crippen LogP contribution in [0.4, 0.5) is 0 Å². The first-order chi connectivity index (χ1) is 15.5. The molecule has 0 N–H and O–H groups in total. The number of esters is 1. The topological polar surface area (TPSA) is 101 Å². The molecule has 0 radical (unpaired) electrons. The SMILES string of the molecule is COC(=O)c1ccc(/C=c2/sc3nc(-c4cc(OC)c(OC)c(OC)c4)nn3c2=O)cc1. The molecular weight excluding hydrogens is 434 g/mol. The van der Waals surface area contributed by atoms with Crippen LogP contribution in [0.25, 0.3) is 22.4 Å². The van der Waals surface area contributed by atoms with Crippen LogP contribution in [0.15, 0.2) is 41.2 Å². The van der Waals surface area contributed by atoms with Crippen LogP contribution in [0.1, 0.15) is 15.9 Å². The van der Waals surface area contributed by atoms with Gasteiger partial charge >= 0.3 is 5.97 Å². The van der Waals surface area contributed by atoms with E-state index in [1.807, 2.05) is 0 Å². The summed E-state index contributed by atoms with van der Waals surface area (Å²) in [5.41, 5.74) is 1.54. The van der Waals surface area contributed by atoms with Crippen LogP contribution in [0.5, 0.6) is 17.2 Å². The van der Waals surface area contributed by atoms with Crippen molar-refractivity contribution in [2.24, 2.45) is 0 Å². The first kappa shape index (κ1) is 21.3. The van der Waals surface area contributed by atoms with E-state index in [-0.39, 0.29) is 5.56 Å². The number of hydrogen-bond donors (Lipinski definition) is 0. The number of fused-ring (bicyclic) bond motifs is 1. The van der Waals surface area contributed by atoms with Gasteiger partial charge in [0.1, 0.15) is 0 Å². The molecule has 0 amide bonds. The Morgan fingerprint density at radius 1 is 1.00 bits per heavy atom. The molecule has 0 unspecified atom stereocenters. The molecule has 0 aliphatic rings. The van der Waals surface area contributed by atoms with Crippen LogP contribution in [0.2, 0.25) is 0 Å². The van der Waals surface area contributed by atoms with Crippen molar-refractivity contribution in [2.75, 3.05) is 28.4 Å². The maximum Gasteiger partial charge on any atom is 0.337 e. The number of ether oxygens (including phenoxy) is 4. The predicted octanol–water partition coefficient (Wildman–Crippen LogP) is 2.18. The van der Waals surface area contributed by atoms with Crippen LogP contribution < -0.4 is 24.3 Å². The highest BCUT2D eigenvalue weighted by Gasteiger charge is 2.18. The number of hydrogen-bond acceptors (Lipinski definition) is 9. The lowest BCUT2D eigenvalue weighted by Gasteiger charge is -2.12. The summed E-state index contributed by atoms with van der Waals surface area (Å²) in [5, 5.41) is 4.37. The van der Waals surface area contributed by atoms with Crippen molar-refractivity contribution in [2.45, 2.75) is 0 Å². The molecule has 0 spiro atoms. The van der Waals surface area contributed by atoms with E-state index in [4.69, 9.17) is 18.9 Å². The molecule has 4 rings (SSSR count). The van der Waals surface area contributed by atoms with Crippen molar-refractivity contribution < 1.29 is 23.7 Å². The Morgan fingerprint density at radius 3 is 2.19 bits per heavy atom. The Labute approximate surface area is 186 Å². The third-order valence-corrected chi connectivity index (χ3v) is 5.69. The predicted molar refractivity (Wildman–Crippen MR) is 119 cm³/mol. The normalized spacial score (nSPS) is 11.6. The highest BCUT2D eigenvalue weighted by atomic mass is 32.1. The molecule has 164 valence electrons. The molecule has 4 aromatic rings. The summed E-state index contributed by atoms with van der Waals surface area (Å²) in [5.74, 6) is 1.33. The molecule has 0 aliphatic heterocycles. The fraction of sp³-hybridized carbons (Fsp3) is 0.182. The maximum absolute atomic E-state index is 12.8. The van der Waals surface area contributed by atoms with Gasteiger partial charge in [0.2, 0.25) is 10.7 Å². The number of nitrogens with zero attached hydrogens (tertiary/aromatic N) is 3. The van der Waals surface area contributed by atoms with E-state index in [1.54, 1.807) is 42.5 Å². The summed E-state index contributed by atoms with van der Waals surface area (Å²) in [6, 6.07) is 10.2. The number of carbonyl (C=O) groups excluding carboxylic acids is 1. The quantitative estimate of drug-likeness (QED) is 0.410. The lowest BCUT2D eigenvalue weighted by molar-refractivity contribution is 0.0600. The fourth-order valence-electron chi connectivity index (χ4n) is 3.15. The third kappa shape index (κ3) is 3.76. The highest BCUT2D eigenvalue weighted by Crippen LogP contribution is 2.40. The Bertz CT molecular complexity index is 1380. The number of benzene rings is 2. The van der Waals surface area contributed by atoms with Gasteiger partial charge in [0.25, 0.3) is 5.56 Å². The molecule has 0 bridgehead atoms. The molecule has 32 heavy (non-hydrogen) atoms. The average molecular weight is 453 g/mol. The van der Waals surface area contributed by atoms with E-state index in [0.29, 0.717) is 43.7 Å². The first-order valence-corrected chi connectivity index (χ1v) is 10.2. The first-order valence-electron chi connectivity index (χ1n) is 9.39. The van der Waals surface area contributed by atoms with Gasteiger partial charge in [-0.25, -0.2) is 4.79 Å². The molecule has 2 heterocycles. The largest absolute Gasteiger partial charge is 0.493 e. The zero-order valence-corrected chi connectivity index (χ0v) is 18.6. The summed E-state index contributed by atoms with van der Waals surface area (Å²) in [7, 11) is 5.90. The minimum absolute atomic E-state index is 0.284. The van der Waals surface area contributed by atoms with Gasteiger partial charge in [-0.3, -0.25) is 4.79 Å². The van der Waals surface area contributed by atoms with Crippen LogP contribution in [0, 0.1) is 0 Å². The number of aromatic nitrogens is 3. The van der Waals surface area contributed by atoms with Gasteiger partial charge in [-0.1, -0.05) is 23.5 Å². The molecule has 0 fully saturated rings. The van der Waals surface area contributed by atoms with Crippen LogP contribution in [0.3, 0.4) is 0 Å². The van der Waals surface area contributed by atoms with Gasteiger partial charge in [-0.15, -0.1) is 5.10 Å². The van der Waals surface area contributed by atoms with Gasteiger partial charge in [0.05, 0.1) is 38.5 Å². The van der Waals surface area contributed by atoms with Crippen molar-refractivity contribution in [1.82, 2.24) is 14.6 Å². The molecule has 10 heteroatoms.